The van der Waals surface area contributed by atoms with Gasteiger partial charge in [0.05, 0.1) is 12.8 Å². The van der Waals surface area contributed by atoms with Crippen LogP contribution in [0.5, 0.6) is 5.75 Å². The summed E-state index contributed by atoms with van der Waals surface area (Å²) in [7, 11) is 1.49. The molecule has 2 aromatic carbocycles. The van der Waals surface area contributed by atoms with Gasteiger partial charge in [-0.15, -0.1) is 0 Å². The zero-order valence-electron chi connectivity index (χ0n) is 15.1. The maximum absolute atomic E-state index is 12.8. The number of rotatable bonds is 5. The third kappa shape index (κ3) is 4.58. The van der Waals surface area contributed by atoms with E-state index in [-0.39, 0.29) is 5.11 Å². The molecule has 1 aliphatic heterocycles. The first-order valence-corrected chi connectivity index (χ1v) is 9.11. The van der Waals surface area contributed by atoms with Crippen LogP contribution in [0, 0.1) is 5.92 Å². The number of methoxy groups -OCH3 is 1. The van der Waals surface area contributed by atoms with Crippen LogP contribution in [0.2, 0.25) is 5.02 Å². The molecule has 8 nitrogen and oxygen atoms in total. The van der Waals surface area contributed by atoms with Crippen LogP contribution in [0.1, 0.15) is 10.4 Å². The molecule has 1 atom stereocenters. The summed E-state index contributed by atoms with van der Waals surface area (Å²) < 4.78 is 5.06. The van der Waals surface area contributed by atoms with Crippen molar-refractivity contribution in [2.45, 2.75) is 0 Å². The summed E-state index contributed by atoms with van der Waals surface area (Å²) in [6.07, 6.45) is 1.06. The highest BCUT2D eigenvalue weighted by Crippen LogP contribution is 2.22. The Kier molecular flexibility index (Phi) is 6.20. The highest BCUT2D eigenvalue weighted by Gasteiger charge is 2.38. The van der Waals surface area contributed by atoms with E-state index >= 15 is 0 Å². The number of hydrogen-bond donors (Lipinski definition) is 2. The molecular formula is C19H15ClN4O4S. The van der Waals surface area contributed by atoms with Crippen LogP contribution >= 0.6 is 23.8 Å². The number of nitrogens with zero attached hydrogens (tertiary/aromatic N) is 2. The fourth-order valence-electron chi connectivity index (χ4n) is 2.56. The van der Waals surface area contributed by atoms with Crippen LogP contribution in [-0.2, 0) is 9.59 Å². The number of halogens is 1. The van der Waals surface area contributed by atoms with E-state index in [0.29, 0.717) is 22.0 Å². The first-order valence-electron chi connectivity index (χ1n) is 8.32. The van der Waals surface area contributed by atoms with Crippen LogP contribution in [0.15, 0.2) is 53.6 Å². The van der Waals surface area contributed by atoms with E-state index in [9.17, 15) is 14.4 Å². The Balaban J connectivity index is 1.74. The molecule has 0 unspecified atom stereocenters. The summed E-state index contributed by atoms with van der Waals surface area (Å²) in [6, 6.07) is 12.9. The molecular weight excluding hydrogens is 416 g/mol. The maximum Gasteiger partial charge on any atom is 0.271 e. The van der Waals surface area contributed by atoms with Gasteiger partial charge in [0.1, 0.15) is 5.75 Å². The minimum absolute atomic E-state index is 0.0487. The van der Waals surface area contributed by atoms with Gasteiger partial charge in [-0.25, -0.2) is 5.43 Å². The van der Waals surface area contributed by atoms with E-state index in [1.165, 1.54) is 18.1 Å². The second-order valence-electron chi connectivity index (χ2n) is 5.87. The number of ether oxygens (including phenoxy) is 1. The van der Waals surface area contributed by atoms with Gasteiger partial charge in [-0.2, -0.15) is 5.10 Å². The van der Waals surface area contributed by atoms with Crippen LogP contribution in [0.4, 0.5) is 5.69 Å². The lowest BCUT2D eigenvalue weighted by Gasteiger charge is -2.30. The Hall–Kier alpha value is -3.30. The van der Waals surface area contributed by atoms with Gasteiger partial charge in [0.15, 0.2) is 11.0 Å². The summed E-state index contributed by atoms with van der Waals surface area (Å²) in [5.74, 6) is -2.50. The summed E-state index contributed by atoms with van der Waals surface area (Å²) in [5.41, 5.74) is 3.04. The SMILES string of the molecule is COc1cccc(C(=O)N/N=C\[C@@H]2C(=O)NC(=S)N(c3ccc(Cl)cc3)C2=O)c1. The molecule has 2 aromatic rings. The molecule has 3 rings (SSSR count). The number of hydrazone groups is 1. The van der Waals surface area contributed by atoms with E-state index < -0.39 is 23.6 Å². The van der Waals surface area contributed by atoms with Crippen LogP contribution in [-0.4, -0.2) is 36.2 Å². The Morgan fingerprint density at radius 3 is 2.69 bits per heavy atom. The maximum atomic E-state index is 12.8. The molecule has 1 heterocycles. The summed E-state index contributed by atoms with van der Waals surface area (Å²) in [5, 5.41) is 6.65. The van der Waals surface area contributed by atoms with Crippen LogP contribution in [0.25, 0.3) is 0 Å². The van der Waals surface area contributed by atoms with Crippen molar-refractivity contribution in [3.63, 3.8) is 0 Å². The molecule has 29 heavy (non-hydrogen) atoms. The minimum atomic E-state index is -1.26. The van der Waals surface area contributed by atoms with Crippen molar-refractivity contribution in [2.24, 2.45) is 11.0 Å². The highest BCUT2D eigenvalue weighted by molar-refractivity contribution is 7.80. The van der Waals surface area contributed by atoms with Gasteiger partial charge in [0.2, 0.25) is 5.91 Å². The fraction of sp³-hybridized carbons (Fsp3) is 0.105. The normalized spacial score (nSPS) is 16.7. The Bertz CT molecular complexity index is 1010. The van der Waals surface area contributed by atoms with Gasteiger partial charge in [0.25, 0.3) is 11.8 Å². The molecule has 1 saturated heterocycles. The van der Waals surface area contributed by atoms with Gasteiger partial charge < -0.3 is 10.1 Å². The molecule has 0 saturated carbocycles. The van der Waals surface area contributed by atoms with E-state index in [2.05, 4.69) is 15.8 Å². The second kappa shape index (κ2) is 8.80. The van der Waals surface area contributed by atoms with Crippen LogP contribution in [0.3, 0.4) is 0 Å². The van der Waals surface area contributed by atoms with Crippen molar-refractivity contribution >= 4 is 58.6 Å². The first-order chi connectivity index (χ1) is 13.9. The molecule has 2 N–H and O–H groups in total. The lowest BCUT2D eigenvalue weighted by atomic mass is 10.1. The topological polar surface area (TPSA) is 100 Å². The number of hydrogen-bond acceptors (Lipinski definition) is 6. The van der Waals surface area contributed by atoms with E-state index in [0.717, 1.165) is 6.21 Å². The first kappa shape index (κ1) is 20.4. The molecule has 10 heteroatoms. The number of thiocarbonyl (C=S) groups is 1. The smallest absolute Gasteiger partial charge is 0.271 e. The molecule has 3 amide bonds. The fourth-order valence-corrected chi connectivity index (χ4v) is 2.98. The van der Waals surface area contributed by atoms with Crippen molar-refractivity contribution in [3.05, 3.63) is 59.1 Å². The Labute approximate surface area is 176 Å². The monoisotopic (exact) mass is 430 g/mol. The lowest BCUT2D eigenvalue weighted by molar-refractivity contribution is -0.130. The predicted molar refractivity (Wildman–Crippen MR) is 112 cm³/mol. The molecule has 0 bridgehead atoms. The van der Waals surface area contributed by atoms with Crippen molar-refractivity contribution in [3.8, 4) is 5.75 Å². The number of anilines is 1. The molecule has 0 aliphatic carbocycles. The zero-order chi connectivity index (χ0) is 21.0. The molecule has 1 aliphatic rings. The Morgan fingerprint density at radius 1 is 1.28 bits per heavy atom. The van der Waals surface area contributed by atoms with Gasteiger partial charge in [-0.1, -0.05) is 17.7 Å². The van der Waals surface area contributed by atoms with E-state index in [1.54, 1.807) is 42.5 Å². The second-order valence-corrected chi connectivity index (χ2v) is 6.70. The number of carbonyl (C=O) groups excluding carboxylic acids is 3. The number of amides is 3. The van der Waals surface area contributed by atoms with Crippen molar-refractivity contribution in [2.75, 3.05) is 12.0 Å². The molecule has 0 spiro atoms. The molecule has 1 fully saturated rings. The third-order valence-electron chi connectivity index (χ3n) is 4.01. The number of nitrogens with one attached hydrogen (secondary N) is 2. The van der Waals surface area contributed by atoms with Gasteiger partial charge in [-0.3, -0.25) is 19.3 Å². The third-order valence-corrected chi connectivity index (χ3v) is 4.55. The van der Waals surface area contributed by atoms with Crippen LogP contribution < -0.4 is 20.4 Å². The zero-order valence-corrected chi connectivity index (χ0v) is 16.7. The molecule has 148 valence electrons. The van der Waals surface area contributed by atoms with Gasteiger partial charge in [-0.05, 0) is 54.7 Å². The highest BCUT2D eigenvalue weighted by atomic mass is 35.5. The quantitative estimate of drug-likeness (QED) is 0.327. The summed E-state index contributed by atoms with van der Waals surface area (Å²) in [6.45, 7) is 0. The average molecular weight is 431 g/mol. The van der Waals surface area contributed by atoms with Crippen molar-refractivity contribution in [1.29, 1.82) is 0 Å². The predicted octanol–water partition coefficient (Wildman–Crippen LogP) is 2.13. The average Bonchev–Trinajstić information content (AvgIpc) is 2.71. The minimum Gasteiger partial charge on any atom is -0.497 e. The standard InChI is InChI=1S/C19H15ClN4O4S/c1-28-14-4-2-3-11(9-14)16(25)23-21-10-15-17(26)22-19(29)24(18(15)27)13-7-5-12(20)6-8-13/h2-10,15H,1H3,(H,23,25)(H,22,26,29)/b21-10-/t15-/m1/s1. The summed E-state index contributed by atoms with van der Waals surface area (Å²) in [4.78, 5) is 38.3. The lowest BCUT2D eigenvalue weighted by Crippen LogP contribution is -2.58. The number of benzene rings is 2. The summed E-state index contributed by atoms with van der Waals surface area (Å²) >= 11 is 11.0. The van der Waals surface area contributed by atoms with E-state index in [4.69, 9.17) is 28.6 Å². The number of carbonyl (C=O) groups is 3. The van der Waals surface area contributed by atoms with Crippen molar-refractivity contribution in [1.82, 2.24) is 10.7 Å². The molecule has 0 aromatic heterocycles. The Morgan fingerprint density at radius 2 is 2.00 bits per heavy atom. The van der Waals surface area contributed by atoms with Gasteiger partial charge >= 0.3 is 0 Å². The molecule has 0 radical (unpaired) electrons. The van der Waals surface area contributed by atoms with Gasteiger partial charge in [0, 0.05) is 16.8 Å². The largest absolute Gasteiger partial charge is 0.497 e. The van der Waals surface area contributed by atoms with E-state index in [1.807, 2.05) is 0 Å². The van der Waals surface area contributed by atoms with Crippen molar-refractivity contribution < 1.29 is 19.1 Å².